The fourth-order valence-corrected chi connectivity index (χ4v) is 0.634. The number of carbonyl (C=O) groups is 1. The van der Waals surface area contributed by atoms with Crippen LogP contribution in [0.4, 0.5) is 13.2 Å². The highest BCUT2D eigenvalue weighted by Crippen LogP contribution is 2.20. The zero-order valence-corrected chi connectivity index (χ0v) is 7.21. The van der Waals surface area contributed by atoms with E-state index in [-0.39, 0.29) is 13.1 Å². The Balaban J connectivity index is 3.51. The van der Waals surface area contributed by atoms with E-state index in [1.54, 1.807) is 0 Å². The van der Waals surface area contributed by atoms with Crippen molar-refractivity contribution in [2.75, 3.05) is 13.1 Å². The number of amides is 1. The molecule has 0 saturated heterocycles. The Morgan fingerprint density at radius 2 is 2.14 bits per heavy atom. The minimum atomic E-state index is -4.32. The molecule has 0 saturated carbocycles. The predicted molar refractivity (Wildman–Crippen MR) is 42.3 cm³/mol. The summed E-state index contributed by atoms with van der Waals surface area (Å²) < 4.78 is 34.8. The minimum absolute atomic E-state index is 0.0360. The summed E-state index contributed by atoms with van der Waals surface area (Å²) in [5.74, 6) is -0.699. The Morgan fingerprint density at radius 3 is 2.64 bits per heavy atom. The largest absolute Gasteiger partial charge is 0.389 e. The maximum Gasteiger partial charge on any atom is 0.389 e. The summed E-state index contributed by atoms with van der Waals surface area (Å²) in [5, 5.41) is 5.28. The van der Waals surface area contributed by atoms with Gasteiger partial charge in [0, 0.05) is 24.4 Å². The van der Waals surface area contributed by atoms with Gasteiger partial charge in [-0.15, -0.1) is 0 Å². The van der Waals surface area contributed by atoms with Crippen molar-refractivity contribution in [1.29, 1.82) is 0 Å². The van der Waals surface area contributed by atoms with Gasteiger partial charge < -0.3 is 5.32 Å². The molecule has 0 aromatic heterocycles. The smallest absolute Gasteiger partial charge is 0.356 e. The minimum Gasteiger partial charge on any atom is -0.356 e. The number of rotatable bonds is 5. The van der Waals surface area contributed by atoms with Crippen molar-refractivity contribution < 1.29 is 18.0 Å². The maximum absolute atomic E-state index is 11.6. The van der Waals surface area contributed by atoms with Crippen molar-refractivity contribution in [1.82, 2.24) is 5.32 Å². The van der Waals surface area contributed by atoms with Crippen molar-refractivity contribution >= 4 is 5.91 Å². The SMILES string of the molecule is [N-]=[N+]=NCCNC(=O)CCC(F)(F)F. The second kappa shape index (κ2) is 6.09. The van der Waals surface area contributed by atoms with Gasteiger partial charge in [-0.25, -0.2) is 0 Å². The van der Waals surface area contributed by atoms with E-state index in [1.165, 1.54) is 0 Å². The van der Waals surface area contributed by atoms with Crippen LogP contribution in [0.2, 0.25) is 0 Å². The van der Waals surface area contributed by atoms with Crippen molar-refractivity contribution in [3.05, 3.63) is 10.4 Å². The molecule has 0 rings (SSSR count). The lowest BCUT2D eigenvalue weighted by atomic mass is 10.3. The van der Waals surface area contributed by atoms with Gasteiger partial charge in [-0.2, -0.15) is 13.2 Å². The van der Waals surface area contributed by atoms with E-state index in [9.17, 15) is 18.0 Å². The van der Waals surface area contributed by atoms with Crippen LogP contribution < -0.4 is 5.32 Å². The molecule has 0 aromatic carbocycles. The number of hydrogen-bond acceptors (Lipinski definition) is 2. The quantitative estimate of drug-likeness (QED) is 0.319. The number of alkyl halides is 3. The first-order valence-electron chi connectivity index (χ1n) is 3.80. The lowest BCUT2D eigenvalue weighted by Crippen LogP contribution is -2.27. The molecule has 5 nitrogen and oxygen atoms in total. The normalized spacial score (nSPS) is 10.5. The average molecular weight is 210 g/mol. The van der Waals surface area contributed by atoms with Crippen molar-refractivity contribution in [3.8, 4) is 0 Å². The second-order valence-corrected chi connectivity index (χ2v) is 2.42. The molecular weight excluding hydrogens is 201 g/mol. The molecule has 0 atom stereocenters. The molecular formula is C6H9F3N4O. The molecule has 0 spiro atoms. The summed E-state index contributed by atoms with van der Waals surface area (Å²) in [4.78, 5) is 13.1. The number of halogens is 3. The van der Waals surface area contributed by atoms with E-state index in [2.05, 4.69) is 15.3 Å². The molecule has 8 heteroatoms. The predicted octanol–water partition coefficient (Wildman–Crippen LogP) is 1.76. The average Bonchev–Trinajstić information content (AvgIpc) is 2.08. The van der Waals surface area contributed by atoms with Crippen LogP contribution >= 0.6 is 0 Å². The summed E-state index contributed by atoms with van der Waals surface area (Å²) in [7, 11) is 0. The van der Waals surface area contributed by atoms with E-state index < -0.39 is 24.9 Å². The van der Waals surface area contributed by atoms with Crippen LogP contribution in [0.3, 0.4) is 0 Å². The third-order valence-electron chi connectivity index (χ3n) is 1.23. The van der Waals surface area contributed by atoms with Gasteiger partial charge in [0.1, 0.15) is 0 Å². The molecule has 0 fully saturated rings. The Kier molecular flexibility index (Phi) is 5.47. The van der Waals surface area contributed by atoms with Crippen LogP contribution in [0.25, 0.3) is 10.4 Å². The van der Waals surface area contributed by atoms with Gasteiger partial charge in [-0.05, 0) is 5.53 Å². The molecule has 0 aromatic rings. The van der Waals surface area contributed by atoms with Gasteiger partial charge in [0.25, 0.3) is 0 Å². The first-order valence-corrected chi connectivity index (χ1v) is 3.80. The van der Waals surface area contributed by atoms with Crippen molar-refractivity contribution in [2.24, 2.45) is 5.11 Å². The van der Waals surface area contributed by atoms with E-state index >= 15 is 0 Å². The van der Waals surface area contributed by atoms with Gasteiger partial charge in [-0.3, -0.25) is 4.79 Å². The molecule has 0 radical (unpaired) electrons. The van der Waals surface area contributed by atoms with E-state index in [4.69, 9.17) is 5.53 Å². The third kappa shape index (κ3) is 8.66. The molecule has 1 amide bonds. The van der Waals surface area contributed by atoms with Crippen LogP contribution in [-0.4, -0.2) is 25.2 Å². The van der Waals surface area contributed by atoms with Crippen LogP contribution in [0, 0.1) is 0 Å². The van der Waals surface area contributed by atoms with Gasteiger partial charge >= 0.3 is 6.18 Å². The summed E-state index contributed by atoms with van der Waals surface area (Å²) in [6.45, 7) is 0.0923. The summed E-state index contributed by atoms with van der Waals surface area (Å²) in [6, 6.07) is 0. The standard InChI is InChI=1S/C6H9F3N4O/c7-6(8,9)2-1-5(14)11-3-4-12-13-10/h1-4H2,(H,11,14). The lowest BCUT2D eigenvalue weighted by molar-refractivity contribution is -0.144. The highest BCUT2D eigenvalue weighted by Gasteiger charge is 2.27. The number of hydrogen-bond donors (Lipinski definition) is 1. The van der Waals surface area contributed by atoms with Crippen LogP contribution in [0.1, 0.15) is 12.8 Å². The van der Waals surface area contributed by atoms with Crippen molar-refractivity contribution in [3.63, 3.8) is 0 Å². The van der Waals surface area contributed by atoms with Gasteiger partial charge in [0.05, 0.1) is 6.42 Å². The topological polar surface area (TPSA) is 77.9 Å². The van der Waals surface area contributed by atoms with Crippen molar-refractivity contribution in [2.45, 2.75) is 19.0 Å². The highest BCUT2D eigenvalue weighted by molar-refractivity contribution is 5.75. The van der Waals surface area contributed by atoms with Gasteiger partial charge in [0.15, 0.2) is 0 Å². The molecule has 0 aliphatic heterocycles. The first kappa shape index (κ1) is 12.6. The Bertz CT molecular complexity index is 234. The van der Waals surface area contributed by atoms with Crippen LogP contribution in [0.15, 0.2) is 5.11 Å². The number of azide groups is 1. The lowest BCUT2D eigenvalue weighted by Gasteiger charge is -2.05. The molecule has 1 N–H and O–H groups in total. The van der Waals surface area contributed by atoms with Crippen LogP contribution in [-0.2, 0) is 4.79 Å². The summed E-state index contributed by atoms with van der Waals surface area (Å²) >= 11 is 0. The third-order valence-corrected chi connectivity index (χ3v) is 1.23. The maximum atomic E-state index is 11.6. The molecule has 80 valence electrons. The fraction of sp³-hybridized carbons (Fsp3) is 0.833. The number of nitrogens with zero attached hydrogens (tertiary/aromatic N) is 3. The fourth-order valence-electron chi connectivity index (χ4n) is 0.634. The van der Waals surface area contributed by atoms with Gasteiger partial charge in [0.2, 0.25) is 5.91 Å². The highest BCUT2D eigenvalue weighted by atomic mass is 19.4. The molecule has 0 aliphatic rings. The molecule has 0 unspecified atom stereocenters. The Hall–Kier alpha value is -1.43. The van der Waals surface area contributed by atoms with E-state index in [1.807, 2.05) is 0 Å². The second-order valence-electron chi connectivity index (χ2n) is 2.42. The molecule has 0 bridgehead atoms. The monoisotopic (exact) mass is 210 g/mol. The summed E-state index contributed by atoms with van der Waals surface area (Å²) in [5.41, 5.74) is 7.84. The number of carbonyl (C=O) groups excluding carboxylic acids is 1. The molecule has 14 heavy (non-hydrogen) atoms. The summed E-state index contributed by atoms with van der Waals surface area (Å²) in [6.07, 6.45) is -6.05. The van der Waals surface area contributed by atoms with Gasteiger partial charge in [-0.1, -0.05) is 5.11 Å². The van der Waals surface area contributed by atoms with E-state index in [0.29, 0.717) is 0 Å². The zero-order valence-electron chi connectivity index (χ0n) is 7.21. The molecule has 0 heterocycles. The zero-order chi connectivity index (χ0) is 11.0. The number of nitrogens with one attached hydrogen (secondary N) is 1. The van der Waals surface area contributed by atoms with E-state index in [0.717, 1.165) is 0 Å². The first-order chi connectivity index (χ1) is 6.45. The van der Waals surface area contributed by atoms with Crippen LogP contribution in [0.5, 0.6) is 0 Å². The Morgan fingerprint density at radius 1 is 1.50 bits per heavy atom. The molecule has 0 aliphatic carbocycles. The Labute approximate surface area is 77.9 Å².